The molecular weight excluding hydrogens is 341 g/mol. The number of benzene rings is 3. The molecular formula is C22H22FN3O. The highest BCUT2D eigenvalue weighted by Crippen LogP contribution is 2.18. The summed E-state index contributed by atoms with van der Waals surface area (Å²) >= 11 is 0. The van der Waals surface area contributed by atoms with Gasteiger partial charge >= 0.3 is 6.03 Å². The fourth-order valence-electron chi connectivity index (χ4n) is 2.71. The summed E-state index contributed by atoms with van der Waals surface area (Å²) in [6.07, 6.45) is 0. The van der Waals surface area contributed by atoms with E-state index in [2.05, 4.69) is 27.7 Å². The Morgan fingerprint density at radius 2 is 1.56 bits per heavy atom. The van der Waals surface area contributed by atoms with Gasteiger partial charge in [0.25, 0.3) is 0 Å². The molecule has 0 aliphatic carbocycles. The number of urea groups is 1. The summed E-state index contributed by atoms with van der Waals surface area (Å²) < 4.78 is 12.9. The molecule has 3 aromatic carbocycles. The van der Waals surface area contributed by atoms with E-state index < -0.39 is 0 Å². The second-order valence-corrected chi connectivity index (χ2v) is 6.32. The number of carbonyl (C=O) groups is 1. The molecule has 0 saturated heterocycles. The minimum atomic E-state index is -0.301. The van der Waals surface area contributed by atoms with Gasteiger partial charge in [-0.05, 0) is 47.5 Å². The smallest absolute Gasteiger partial charge is 0.319 e. The van der Waals surface area contributed by atoms with Gasteiger partial charge in [0.15, 0.2) is 0 Å². The molecule has 2 amide bonds. The van der Waals surface area contributed by atoms with Crippen LogP contribution in [0.15, 0.2) is 78.9 Å². The molecule has 0 aromatic heterocycles. The van der Waals surface area contributed by atoms with Crippen LogP contribution < -0.4 is 15.5 Å². The van der Waals surface area contributed by atoms with Gasteiger partial charge in [0, 0.05) is 31.5 Å². The molecule has 0 saturated carbocycles. The molecule has 0 spiro atoms. The molecule has 2 N–H and O–H groups in total. The summed E-state index contributed by atoms with van der Waals surface area (Å²) in [5.74, 6) is -0.291. The normalized spacial score (nSPS) is 10.3. The van der Waals surface area contributed by atoms with Crippen molar-refractivity contribution < 1.29 is 9.18 Å². The Balaban J connectivity index is 1.50. The summed E-state index contributed by atoms with van der Waals surface area (Å²) in [7, 11) is 2.03. The number of amides is 2. The van der Waals surface area contributed by atoms with Crippen molar-refractivity contribution >= 4 is 17.4 Å². The van der Waals surface area contributed by atoms with E-state index in [1.165, 1.54) is 17.7 Å². The average molecular weight is 363 g/mol. The number of nitrogens with zero attached hydrogens (tertiary/aromatic N) is 1. The van der Waals surface area contributed by atoms with Gasteiger partial charge in [0.1, 0.15) is 5.82 Å². The van der Waals surface area contributed by atoms with Crippen molar-refractivity contribution in [1.82, 2.24) is 5.32 Å². The van der Waals surface area contributed by atoms with E-state index in [-0.39, 0.29) is 11.8 Å². The van der Waals surface area contributed by atoms with Crippen LogP contribution in [0, 0.1) is 5.82 Å². The minimum absolute atomic E-state index is 0.291. The second-order valence-electron chi connectivity index (χ2n) is 6.32. The Morgan fingerprint density at radius 3 is 2.22 bits per heavy atom. The summed E-state index contributed by atoms with van der Waals surface area (Å²) in [6, 6.07) is 23.7. The fourth-order valence-corrected chi connectivity index (χ4v) is 2.71. The fraction of sp³-hybridized carbons (Fsp3) is 0.136. The van der Waals surface area contributed by atoms with Crippen LogP contribution in [0.1, 0.15) is 11.1 Å². The van der Waals surface area contributed by atoms with Crippen molar-refractivity contribution in [2.75, 3.05) is 17.3 Å². The van der Waals surface area contributed by atoms with Gasteiger partial charge < -0.3 is 15.5 Å². The Kier molecular flexibility index (Phi) is 6.05. The van der Waals surface area contributed by atoms with Crippen molar-refractivity contribution in [3.63, 3.8) is 0 Å². The number of anilines is 2. The van der Waals surface area contributed by atoms with Crippen molar-refractivity contribution in [2.45, 2.75) is 13.1 Å². The molecule has 0 bridgehead atoms. The largest absolute Gasteiger partial charge is 0.370 e. The van der Waals surface area contributed by atoms with Gasteiger partial charge in [-0.25, -0.2) is 9.18 Å². The van der Waals surface area contributed by atoms with Crippen LogP contribution in [0.5, 0.6) is 0 Å². The maximum absolute atomic E-state index is 12.9. The standard InChI is InChI=1S/C22H22FN3O/c1-26(16-18-5-3-2-4-6-18)21-13-11-20(12-14-21)25-22(27)24-15-17-7-9-19(23)10-8-17/h2-14H,15-16H2,1H3,(H2,24,25,27). The zero-order chi connectivity index (χ0) is 19.1. The number of halogens is 1. The third kappa shape index (κ3) is 5.57. The molecule has 3 rings (SSSR count). The predicted octanol–water partition coefficient (Wildman–Crippen LogP) is 4.78. The summed E-state index contributed by atoms with van der Waals surface area (Å²) in [4.78, 5) is 14.2. The molecule has 4 nitrogen and oxygen atoms in total. The van der Waals surface area contributed by atoms with Crippen molar-refractivity contribution in [1.29, 1.82) is 0 Å². The molecule has 0 radical (unpaired) electrons. The molecule has 0 fully saturated rings. The highest BCUT2D eigenvalue weighted by Gasteiger charge is 2.05. The third-order valence-electron chi connectivity index (χ3n) is 4.19. The van der Waals surface area contributed by atoms with Crippen LogP contribution in [-0.4, -0.2) is 13.1 Å². The maximum Gasteiger partial charge on any atom is 0.319 e. The van der Waals surface area contributed by atoms with Crippen LogP contribution in [0.25, 0.3) is 0 Å². The molecule has 0 heterocycles. The lowest BCUT2D eigenvalue weighted by Crippen LogP contribution is -2.28. The first-order valence-electron chi connectivity index (χ1n) is 8.74. The molecule has 0 atom stereocenters. The van der Waals surface area contributed by atoms with Crippen LogP contribution in [-0.2, 0) is 13.1 Å². The van der Waals surface area contributed by atoms with E-state index >= 15 is 0 Å². The van der Waals surface area contributed by atoms with E-state index in [1.807, 2.05) is 49.5 Å². The zero-order valence-electron chi connectivity index (χ0n) is 15.2. The highest BCUT2D eigenvalue weighted by molar-refractivity contribution is 5.89. The quantitative estimate of drug-likeness (QED) is 0.662. The lowest BCUT2D eigenvalue weighted by Gasteiger charge is -2.20. The SMILES string of the molecule is CN(Cc1ccccc1)c1ccc(NC(=O)NCc2ccc(F)cc2)cc1. The number of hydrogen-bond acceptors (Lipinski definition) is 2. The zero-order valence-corrected chi connectivity index (χ0v) is 15.2. The summed E-state index contributed by atoms with van der Waals surface area (Å²) in [6.45, 7) is 1.15. The molecule has 0 aliphatic rings. The minimum Gasteiger partial charge on any atom is -0.370 e. The molecule has 27 heavy (non-hydrogen) atoms. The van der Waals surface area contributed by atoms with E-state index in [9.17, 15) is 9.18 Å². The number of rotatable bonds is 6. The Bertz CT molecular complexity index is 864. The highest BCUT2D eigenvalue weighted by atomic mass is 19.1. The number of carbonyl (C=O) groups excluding carboxylic acids is 1. The number of hydrogen-bond donors (Lipinski definition) is 2. The lowest BCUT2D eigenvalue weighted by atomic mass is 10.2. The molecule has 3 aromatic rings. The first kappa shape index (κ1) is 18.5. The monoisotopic (exact) mass is 363 g/mol. The van der Waals surface area contributed by atoms with E-state index in [0.717, 1.165) is 17.8 Å². The van der Waals surface area contributed by atoms with E-state index in [4.69, 9.17) is 0 Å². The Hall–Kier alpha value is -3.34. The van der Waals surface area contributed by atoms with Crippen molar-refractivity contribution in [3.05, 3.63) is 95.8 Å². The van der Waals surface area contributed by atoms with E-state index in [0.29, 0.717) is 12.2 Å². The topological polar surface area (TPSA) is 44.4 Å². The Labute approximate surface area is 158 Å². The van der Waals surface area contributed by atoms with Crippen LogP contribution in [0.2, 0.25) is 0 Å². The lowest BCUT2D eigenvalue weighted by molar-refractivity contribution is 0.251. The summed E-state index contributed by atoms with van der Waals surface area (Å²) in [5.41, 5.74) is 3.85. The van der Waals surface area contributed by atoms with Gasteiger partial charge in [-0.2, -0.15) is 0 Å². The van der Waals surface area contributed by atoms with E-state index in [1.54, 1.807) is 12.1 Å². The Morgan fingerprint density at radius 1 is 0.889 bits per heavy atom. The van der Waals surface area contributed by atoms with Crippen LogP contribution in [0.4, 0.5) is 20.6 Å². The average Bonchev–Trinajstić information content (AvgIpc) is 2.69. The first-order valence-corrected chi connectivity index (χ1v) is 8.74. The van der Waals surface area contributed by atoms with Crippen LogP contribution in [0.3, 0.4) is 0 Å². The molecule has 138 valence electrons. The van der Waals surface area contributed by atoms with Gasteiger partial charge in [-0.1, -0.05) is 42.5 Å². The molecule has 0 aliphatic heterocycles. The molecule has 0 unspecified atom stereocenters. The van der Waals surface area contributed by atoms with Gasteiger partial charge in [0.2, 0.25) is 0 Å². The van der Waals surface area contributed by atoms with Crippen LogP contribution >= 0.6 is 0 Å². The van der Waals surface area contributed by atoms with Crippen molar-refractivity contribution in [2.24, 2.45) is 0 Å². The van der Waals surface area contributed by atoms with Gasteiger partial charge in [0.05, 0.1) is 0 Å². The third-order valence-corrected chi connectivity index (χ3v) is 4.19. The summed E-state index contributed by atoms with van der Waals surface area (Å²) in [5, 5.41) is 5.55. The first-order chi connectivity index (χ1) is 13.1. The molecule has 5 heteroatoms. The van der Waals surface area contributed by atoms with Gasteiger partial charge in [-0.3, -0.25) is 0 Å². The maximum atomic E-state index is 12.9. The predicted molar refractivity (Wildman–Crippen MR) is 107 cm³/mol. The number of nitrogens with one attached hydrogen (secondary N) is 2. The van der Waals surface area contributed by atoms with Crippen molar-refractivity contribution in [3.8, 4) is 0 Å². The second kappa shape index (κ2) is 8.85. The van der Waals surface area contributed by atoms with Gasteiger partial charge in [-0.15, -0.1) is 0 Å².